The van der Waals surface area contributed by atoms with Gasteiger partial charge in [-0.25, -0.2) is 4.98 Å². The normalized spacial score (nSPS) is 9.93. The molecule has 0 N–H and O–H groups in total. The highest BCUT2D eigenvalue weighted by atomic mass is 15.1. The fourth-order valence-electron chi connectivity index (χ4n) is 1.61. The van der Waals surface area contributed by atoms with Crippen LogP contribution in [0.3, 0.4) is 0 Å². The van der Waals surface area contributed by atoms with Crippen LogP contribution in [0.25, 0.3) is 11.3 Å². The van der Waals surface area contributed by atoms with Crippen molar-refractivity contribution in [2.75, 3.05) is 0 Å². The Labute approximate surface area is 88.6 Å². The molecule has 74 valence electrons. The van der Waals surface area contributed by atoms with Gasteiger partial charge in [0.15, 0.2) is 5.69 Å². The van der Waals surface area contributed by atoms with Gasteiger partial charge in [-0.15, -0.1) is 0 Å². The van der Waals surface area contributed by atoms with Crippen molar-refractivity contribution in [1.29, 1.82) is 5.26 Å². The summed E-state index contributed by atoms with van der Waals surface area (Å²) < 4.78 is 1.94. The van der Waals surface area contributed by atoms with Gasteiger partial charge in [-0.05, 0) is 6.92 Å². The molecule has 0 aliphatic rings. The zero-order valence-corrected chi connectivity index (χ0v) is 8.73. The molecule has 2 rings (SSSR count). The van der Waals surface area contributed by atoms with Crippen molar-refractivity contribution >= 4 is 0 Å². The number of nitriles is 1. The molecule has 0 unspecified atom stereocenters. The van der Waals surface area contributed by atoms with E-state index in [2.05, 4.69) is 11.1 Å². The number of nitrogens with zero attached hydrogens (tertiary/aromatic N) is 3. The molecule has 3 nitrogen and oxygen atoms in total. The first kappa shape index (κ1) is 9.47. The van der Waals surface area contributed by atoms with Crippen molar-refractivity contribution in [3.05, 3.63) is 41.9 Å². The van der Waals surface area contributed by atoms with Crippen LogP contribution < -0.4 is 0 Å². The first-order chi connectivity index (χ1) is 7.24. The molecule has 0 fully saturated rings. The molecule has 1 heterocycles. The standard InChI is InChI=1S/C12H11N3/c1-9-14-11(8-13)12(15(9)2)10-6-4-3-5-7-10/h3-7H,1-2H3. The van der Waals surface area contributed by atoms with Crippen LogP contribution in [0.5, 0.6) is 0 Å². The minimum atomic E-state index is 0.487. The Kier molecular flexibility index (Phi) is 2.26. The van der Waals surface area contributed by atoms with E-state index in [1.165, 1.54) is 0 Å². The Bertz CT molecular complexity index is 518. The number of imidazole rings is 1. The Morgan fingerprint density at radius 1 is 1.27 bits per heavy atom. The molecule has 3 heteroatoms. The number of aromatic nitrogens is 2. The van der Waals surface area contributed by atoms with Crippen molar-refractivity contribution in [1.82, 2.24) is 9.55 Å². The average Bonchev–Trinajstić information content (AvgIpc) is 2.56. The van der Waals surface area contributed by atoms with Gasteiger partial charge in [0, 0.05) is 12.6 Å². The van der Waals surface area contributed by atoms with Crippen molar-refractivity contribution in [3.63, 3.8) is 0 Å². The number of rotatable bonds is 1. The highest BCUT2D eigenvalue weighted by molar-refractivity contribution is 5.65. The third-order valence-electron chi connectivity index (χ3n) is 2.47. The summed E-state index contributed by atoms with van der Waals surface area (Å²) >= 11 is 0. The summed E-state index contributed by atoms with van der Waals surface area (Å²) in [5, 5.41) is 8.99. The second kappa shape index (κ2) is 3.58. The van der Waals surface area contributed by atoms with Crippen molar-refractivity contribution in [2.24, 2.45) is 7.05 Å². The van der Waals surface area contributed by atoms with E-state index in [4.69, 9.17) is 5.26 Å². The second-order valence-corrected chi connectivity index (χ2v) is 3.39. The summed E-state index contributed by atoms with van der Waals surface area (Å²) in [5.41, 5.74) is 2.40. The van der Waals surface area contributed by atoms with Crippen LogP contribution in [-0.2, 0) is 7.05 Å². The molecule has 0 aliphatic carbocycles. The number of benzene rings is 1. The molecule has 0 atom stereocenters. The molecule has 0 saturated carbocycles. The highest BCUT2D eigenvalue weighted by Crippen LogP contribution is 2.23. The summed E-state index contributed by atoms with van der Waals surface area (Å²) in [7, 11) is 1.92. The molecule has 0 bridgehead atoms. The Morgan fingerprint density at radius 2 is 1.93 bits per heavy atom. The van der Waals surface area contributed by atoms with Crippen LogP contribution in [0.2, 0.25) is 0 Å². The first-order valence-corrected chi connectivity index (χ1v) is 4.73. The average molecular weight is 197 g/mol. The van der Waals surface area contributed by atoms with Crippen LogP contribution >= 0.6 is 0 Å². The minimum absolute atomic E-state index is 0.487. The van der Waals surface area contributed by atoms with E-state index in [0.717, 1.165) is 17.1 Å². The summed E-state index contributed by atoms with van der Waals surface area (Å²) in [6.07, 6.45) is 0. The molecule has 0 amide bonds. The van der Waals surface area contributed by atoms with Gasteiger partial charge in [0.05, 0.1) is 5.69 Å². The molecular formula is C12H11N3. The summed E-state index contributed by atoms with van der Waals surface area (Å²) in [6.45, 7) is 1.90. The largest absolute Gasteiger partial charge is 0.330 e. The Hall–Kier alpha value is -2.08. The number of aryl methyl sites for hydroxylation is 1. The Morgan fingerprint density at radius 3 is 2.53 bits per heavy atom. The van der Waals surface area contributed by atoms with E-state index in [1.54, 1.807) is 0 Å². The van der Waals surface area contributed by atoms with Crippen LogP contribution in [0.15, 0.2) is 30.3 Å². The Balaban J connectivity index is 2.68. The van der Waals surface area contributed by atoms with Crippen LogP contribution in [-0.4, -0.2) is 9.55 Å². The fourth-order valence-corrected chi connectivity index (χ4v) is 1.61. The van der Waals surface area contributed by atoms with Crippen molar-refractivity contribution in [2.45, 2.75) is 6.92 Å². The molecule has 2 aromatic rings. The van der Waals surface area contributed by atoms with E-state index in [9.17, 15) is 0 Å². The second-order valence-electron chi connectivity index (χ2n) is 3.39. The third kappa shape index (κ3) is 1.50. The van der Waals surface area contributed by atoms with Gasteiger partial charge in [0.2, 0.25) is 0 Å². The molecule has 0 aliphatic heterocycles. The van der Waals surface area contributed by atoms with E-state index in [0.29, 0.717) is 5.69 Å². The highest BCUT2D eigenvalue weighted by Gasteiger charge is 2.12. The maximum absolute atomic E-state index is 8.99. The third-order valence-corrected chi connectivity index (χ3v) is 2.47. The quantitative estimate of drug-likeness (QED) is 0.703. The predicted molar refractivity (Wildman–Crippen MR) is 58.1 cm³/mol. The molecule has 1 aromatic carbocycles. The van der Waals surface area contributed by atoms with Gasteiger partial charge in [-0.1, -0.05) is 30.3 Å². The van der Waals surface area contributed by atoms with Gasteiger partial charge in [-0.2, -0.15) is 5.26 Å². The monoisotopic (exact) mass is 197 g/mol. The molecule has 1 aromatic heterocycles. The van der Waals surface area contributed by atoms with E-state index in [-0.39, 0.29) is 0 Å². The fraction of sp³-hybridized carbons (Fsp3) is 0.167. The lowest BCUT2D eigenvalue weighted by Gasteiger charge is -2.03. The van der Waals surface area contributed by atoms with Crippen LogP contribution in [0, 0.1) is 18.3 Å². The minimum Gasteiger partial charge on any atom is -0.330 e. The zero-order valence-electron chi connectivity index (χ0n) is 8.73. The first-order valence-electron chi connectivity index (χ1n) is 4.73. The van der Waals surface area contributed by atoms with Gasteiger partial charge in [0.1, 0.15) is 11.9 Å². The summed E-state index contributed by atoms with van der Waals surface area (Å²) in [5.74, 6) is 0.852. The number of hydrogen-bond donors (Lipinski definition) is 0. The molecule has 0 spiro atoms. The van der Waals surface area contributed by atoms with E-state index in [1.807, 2.05) is 48.9 Å². The lowest BCUT2D eigenvalue weighted by molar-refractivity contribution is 0.865. The molecule has 0 radical (unpaired) electrons. The number of hydrogen-bond acceptors (Lipinski definition) is 2. The molecule has 0 saturated heterocycles. The van der Waals surface area contributed by atoms with E-state index >= 15 is 0 Å². The summed E-state index contributed by atoms with van der Waals surface area (Å²) in [4.78, 5) is 4.21. The predicted octanol–water partition coefficient (Wildman–Crippen LogP) is 2.27. The zero-order chi connectivity index (χ0) is 10.8. The summed E-state index contributed by atoms with van der Waals surface area (Å²) in [6, 6.07) is 12.0. The van der Waals surface area contributed by atoms with Crippen molar-refractivity contribution in [3.8, 4) is 17.3 Å². The van der Waals surface area contributed by atoms with Crippen LogP contribution in [0.1, 0.15) is 11.5 Å². The molecule has 15 heavy (non-hydrogen) atoms. The van der Waals surface area contributed by atoms with Gasteiger partial charge in [0.25, 0.3) is 0 Å². The van der Waals surface area contributed by atoms with Gasteiger partial charge >= 0.3 is 0 Å². The lowest BCUT2D eigenvalue weighted by Crippen LogP contribution is -1.94. The maximum Gasteiger partial charge on any atom is 0.166 e. The lowest BCUT2D eigenvalue weighted by atomic mass is 10.1. The maximum atomic E-state index is 8.99. The van der Waals surface area contributed by atoms with Gasteiger partial charge < -0.3 is 4.57 Å². The molecular weight excluding hydrogens is 186 g/mol. The van der Waals surface area contributed by atoms with Gasteiger partial charge in [-0.3, -0.25) is 0 Å². The SMILES string of the molecule is Cc1nc(C#N)c(-c2ccccc2)n1C. The van der Waals surface area contributed by atoms with Crippen molar-refractivity contribution < 1.29 is 0 Å². The smallest absolute Gasteiger partial charge is 0.166 e. The van der Waals surface area contributed by atoms with Crippen LogP contribution in [0.4, 0.5) is 0 Å². The topological polar surface area (TPSA) is 41.6 Å². The van der Waals surface area contributed by atoms with E-state index < -0.39 is 0 Å².